The van der Waals surface area contributed by atoms with Crippen molar-refractivity contribution < 1.29 is 42.5 Å². The zero-order chi connectivity index (χ0) is 40.5. The van der Waals surface area contributed by atoms with Crippen LogP contribution in [-0.2, 0) is 33.3 Å². The van der Waals surface area contributed by atoms with Crippen molar-refractivity contribution in [3.05, 3.63) is 60.1 Å². The number of ether oxygens (including phenoxy) is 5. The molecule has 18 nitrogen and oxygen atoms in total. The Bertz CT molecular complexity index is 1920. The van der Waals surface area contributed by atoms with Gasteiger partial charge in [0, 0.05) is 75.6 Å². The highest BCUT2D eigenvalue weighted by atomic mass is 19.1. The predicted octanol–water partition coefficient (Wildman–Crippen LogP) is 1.97. The second-order valence-corrected chi connectivity index (χ2v) is 13.9. The van der Waals surface area contributed by atoms with Gasteiger partial charge < -0.3 is 44.5 Å². The molecule has 1 saturated carbocycles. The Morgan fingerprint density at radius 1 is 0.845 bits per heavy atom. The molecule has 0 bridgehead atoms. The van der Waals surface area contributed by atoms with Gasteiger partial charge in [0.05, 0.1) is 102 Å². The van der Waals surface area contributed by atoms with Gasteiger partial charge in [0.2, 0.25) is 11.8 Å². The Hall–Kier alpha value is -5.05. The Balaban J connectivity index is 0.811. The number of anilines is 2. The van der Waals surface area contributed by atoms with Crippen molar-refractivity contribution in [1.29, 1.82) is 0 Å². The molecule has 2 aliphatic rings. The molecule has 19 heteroatoms. The number of hydrogen-bond acceptors (Lipinski definition) is 13. The van der Waals surface area contributed by atoms with Crippen LogP contribution in [0.3, 0.4) is 0 Å². The van der Waals surface area contributed by atoms with Crippen molar-refractivity contribution in [2.75, 3.05) is 117 Å². The average molecular weight is 809 g/mol. The van der Waals surface area contributed by atoms with Gasteiger partial charge >= 0.3 is 0 Å². The summed E-state index contributed by atoms with van der Waals surface area (Å²) < 4.78 is 44.7. The summed E-state index contributed by atoms with van der Waals surface area (Å²) in [6.45, 7) is 8.73. The minimum Gasteiger partial charge on any atom is -0.377 e. The summed E-state index contributed by atoms with van der Waals surface area (Å²) in [7, 11) is 0. The summed E-state index contributed by atoms with van der Waals surface area (Å²) in [4.78, 5) is 49.6. The quantitative estimate of drug-likeness (QED) is 0.0710. The topological polar surface area (TPSA) is 199 Å². The fourth-order valence-corrected chi connectivity index (χ4v) is 6.24. The molecule has 314 valence electrons. The van der Waals surface area contributed by atoms with Crippen molar-refractivity contribution in [2.45, 2.75) is 25.7 Å². The second-order valence-electron chi connectivity index (χ2n) is 13.9. The number of hydrogen-bond donors (Lipinski definition) is 4. The summed E-state index contributed by atoms with van der Waals surface area (Å²) >= 11 is 0. The number of nitrogens with one attached hydrogen (secondary N) is 4. The van der Waals surface area contributed by atoms with Crippen LogP contribution in [0.5, 0.6) is 0 Å². The second kappa shape index (κ2) is 22.2. The van der Waals surface area contributed by atoms with Gasteiger partial charge in [-0.1, -0.05) is 0 Å². The van der Waals surface area contributed by atoms with Gasteiger partial charge in [0.1, 0.15) is 5.82 Å². The first-order chi connectivity index (χ1) is 28.4. The van der Waals surface area contributed by atoms with Crippen LogP contribution in [0.25, 0.3) is 16.9 Å². The number of imidazole rings is 1. The smallest absolute Gasteiger partial charge is 0.254 e. The number of aromatic amines is 1. The van der Waals surface area contributed by atoms with Gasteiger partial charge in [-0.05, 0) is 31.0 Å². The largest absolute Gasteiger partial charge is 0.377 e. The van der Waals surface area contributed by atoms with Crippen LogP contribution in [0.2, 0.25) is 0 Å². The number of nitrogens with zero attached hydrogens (tertiary/aromatic N) is 6. The van der Waals surface area contributed by atoms with Gasteiger partial charge in [0.25, 0.3) is 5.91 Å². The molecule has 0 unspecified atom stereocenters. The molecule has 3 amide bonds. The number of carbonyl (C=O) groups excluding carboxylic acids is 3. The number of carbonyl (C=O) groups is 3. The van der Waals surface area contributed by atoms with E-state index in [1.807, 2.05) is 15.5 Å². The van der Waals surface area contributed by atoms with E-state index in [-0.39, 0.29) is 35.5 Å². The maximum atomic E-state index is 15.5. The number of halogens is 1. The average Bonchev–Trinajstić information content (AvgIpc) is 3.75. The lowest BCUT2D eigenvalue weighted by atomic mass is 10.1. The van der Waals surface area contributed by atoms with E-state index < -0.39 is 5.82 Å². The molecule has 0 radical (unpaired) electrons. The van der Waals surface area contributed by atoms with E-state index in [0.717, 1.165) is 29.8 Å². The Kier molecular flexibility index (Phi) is 16.3. The monoisotopic (exact) mass is 808 g/mol. The molecule has 4 N–H and O–H groups in total. The Labute approximate surface area is 336 Å². The van der Waals surface area contributed by atoms with E-state index in [1.54, 1.807) is 35.6 Å². The highest BCUT2D eigenvalue weighted by Gasteiger charge is 2.28. The summed E-state index contributed by atoms with van der Waals surface area (Å²) in [5.41, 5.74) is 3.62. The molecule has 6 rings (SSSR count). The van der Waals surface area contributed by atoms with Crippen LogP contribution < -0.4 is 16.0 Å². The van der Waals surface area contributed by atoms with E-state index in [2.05, 4.69) is 31.1 Å². The van der Waals surface area contributed by atoms with Crippen LogP contribution in [0.15, 0.2) is 43.0 Å². The maximum absolute atomic E-state index is 15.5. The van der Waals surface area contributed by atoms with Crippen LogP contribution in [0.1, 0.15) is 41.7 Å². The minimum atomic E-state index is -0.573. The van der Waals surface area contributed by atoms with E-state index in [4.69, 9.17) is 28.7 Å². The zero-order valence-corrected chi connectivity index (χ0v) is 32.9. The van der Waals surface area contributed by atoms with E-state index in [1.165, 1.54) is 13.0 Å². The summed E-state index contributed by atoms with van der Waals surface area (Å²) in [6.07, 6.45) is 9.33. The molecule has 4 aromatic rings. The third-order valence-corrected chi connectivity index (χ3v) is 9.47. The highest BCUT2D eigenvalue weighted by molar-refractivity contribution is 5.95. The fraction of sp³-hybridized carbons (Fsp3) is 0.538. The predicted molar refractivity (Wildman–Crippen MR) is 210 cm³/mol. The molecule has 4 heterocycles. The first kappa shape index (κ1) is 42.6. The highest BCUT2D eigenvalue weighted by Crippen LogP contribution is 2.40. The standard InChI is InChI=1S/C39H53FN10O8/c1-28(51)41-6-12-54-14-16-56-18-20-58-21-19-57-17-15-55-13-7-42-36(52)27-48-8-10-49(11-9-48)39(53)30-4-5-33(32(40)22-30)46-37-38-43-25-35(31-23-44-45-24-31)50(38)26-34(47-37)29-2-3-29/h4-5,22-26,29H,2-3,6-21,27H2,1H3,(H,41,51)(H,42,52)(H,44,45)(H,46,47). The Morgan fingerprint density at radius 2 is 1.48 bits per heavy atom. The number of benzene rings is 1. The number of fused-ring (bicyclic) bond motifs is 1. The van der Waals surface area contributed by atoms with Crippen LogP contribution in [-0.4, -0.2) is 164 Å². The van der Waals surface area contributed by atoms with Crippen molar-refractivity contribution in [1.82, 2.24) is 45.0 Å². The van der Waals surface area contributed by atoms with Crippen molar-refractivity contribution in [3.63, 3.8) is 0 Å². The van der Waals surface area contributed by atoms with Gasteiger partial charge in [0.15, 0.2) is 11.5 Å². The summed E-state index contributed by atoms with van der Waals surface area (Å²) in [5.74, 6) is -0.254. The lowest BCUT2D eigenvalue weighted by Crippen LogP contribution is -2.51. The van der Waals surface area contributed by atoms with Crippen LogP contribution >= 0.6 is 0 Å². The van der Waals surface area contributed by atoms with Crippen molar-refractivity contribution >= 4 is 34.9 Å². The first-order valence-electron chi connectivity index (χ1n) is 19.7. The molecule has 0 atom stereocenters. The van der Waals surface area contributed by atoms with Crippen molar-refractivity contribution in [3.8, 4) is 11.3 Å². The van der Waals surface area contributed by atoms with Gasteiger partial charge in [-0.15, -0.1) is 0 Å². The van der Waals surface area contributed by atoms with E-state index in [0.29, 0.717) is 123 Å². The summed E-state index contributed by atoms with van der Waals surface area (Å²) in [6, 6.07) is 4.41. The number of amides is 3. The van der Waals surface area contributed by atoms with Gasteiger partial charge in [-0.3, -0.25) is 28.8 Å². The van der Waals surface area contributed by atoms with E-state index in [9.17, 15) is 14.4 Å². The molecule has 2 fully saturated rings. The number of piperazine rings is 1. The fourth-order valence-electron chi connectivity index (χ4n) is 6.24. The number of aromatic nitrogens is 5. The van der Waals surface area contributed by atoms with Gasteiger partial charge in [-0.2, -0.15) is 5.10 Å². The molecule has 1 aliphatic heterocycles. The molecule has 1 saturated heterocycles. The zero-order valence-electron chi connectivity index (χ0n) is 32.9. The van der Waals surface area contributed by atoms with E-state index >= 15 is 4.39 Å². The van der Waals surface area contributed by atoms with Gasteiger partial charge in [-0.25, -0.2) is 14.4 Å². The third-order valence-electron chi connectivity index (χ3n) is 9.47. The normalized spacial score (nSPS) is 14.6. The third kappa shape index (κ3) is 13.0. The SMILES string of the molecule is CC(=O)NCCOCCOCCOCCOCCOCCNC(=O)CN1CCN(C(=O)c2ccc(Nc3nc(C4CC4)cn4c(-c5cn[nH]c5)cnc34)c(F)c2)CC1. The Morgan fingerprint density at radius 3 is 2.07 bits per heavy atom. The molecule has 1 aliphatic carbocycles. The number of H-pyrrole nitrogens is 1. The molecular weight excluding hydrogens is 755 g/mol. The summed E-state index contributed by atoms with van der Waals surface area (Å²) in [5, 5.41) is 15.5. The lowest BCUT2D eigenvalue weighted by molar-refractivity contribution is -0.123. The molecule has 58 heavy (non-hydrogen) atoms. The van der Waals surface area contributed by atoms with Crippen molar-refractivity contribution in [2.24, 2.45) is 0 Å². The number of rotatable bonds is 25. The molecule has 3 aromatic heterocycles. The maximum Gasteiger partial charge on any atom is 0.254 e. The van der Waals surface area contributed by atoms with Crippen LogP contribution in [0.4, 0.5) is 15.9 Å². The van der Waals surface area contributed by atoms with Crippen LogP contribution in [0, 0.1) is 5.82 Å². The lowest BCUT2D eigenvalue weighted by Gasteiger charge is -2.34. The first-order valence-corrected chi connectivity index (χ1v) is 19.7. The molecule has 1 aromatic carbocycles. The molecular formula is C39H53FN10O8. The molecule has 0 spiro atoms. The minimum absolute atomic E-state index is 0.0785.